The normalized spacial score (nSPS) is 16.2. The minimum absolute atomic E-state index is 0.306. The molecule has 0 aliphatic heterocycles. The fraction of sp³-hybridized carbons (Fsp3) is 0.333. The van der Waals surface area contributed by atoms with E-state index in [0.29, 0.717) is 32.3 Å². The molecule has 0 radical (unpaired) electrons. The van der Waals surface area contributed by atoms with E-state index in [9.17, 15) is 9.59 Å². The van der Waals surface area contributed by atoms with Crippen molar-refractivity contribution in [2.24, 2.45) is 11.7 Å². The van der Waals surface area contributed by atoms with E-state index >= 15 is 0 Å². The van der Waals surface area contributed by atoms with Gasteiger partial charge in [-0.2, -0.15) is 0 Å². The minimum atomic E-state index is -0.493. The van der Waals surface area contributed by atoms with Crippen molar-refractivity contribution in [3.8, 4) is 5.75 Å². The van der Waals surface area contributed by atoms with Gasteiger partial charge < -0.3 is 15.8 Å². The van der Waals surface area contributed by atoms with Gasteiger partial charge in [0.25, 0.3) is 11.8 Å². The Hall–Kier alpha value is -1.86. The third-order valence-corrected chi connectivity index (χ3v) is 6.26. The molecule has 25 heavy (non-hydrogen) atoms. The van der Waals surface area contributed by atoms with Crippen LogP contribution in [0.1, 0.15) is 44.5 Å². The second kappa shape index (κ2) is 7.17. The van der Waals surface area contributed by atoms with Crippen LogP contribution in [0.2, 0.25) is 0 Å². The number of nitrogens with one attached hydrogen (secondary N) is 1. The summed E-state index contributed by atoms with van der Waals surface area (Å²) >= 11 is 4.83. The summed E-state index contributed by atoms with van der Waals surface area (Å²) in [5.74, 6) is 0.359. The van der Waals surface area contributed by atoms with Gasteiger partial charge in [-0.15, -0.1) is 11.3 Å². The van der Waals surface area contributed by atoms with Crippen LogP contribution in [0.5, 0.6) is 5.75 Å². The van der Waals surface area contributed by atoms with E-state index in [1.807, 2.05) is 0 Å². The lowest BCUT2D eigenvalue weighted by molar-refractivity contribution is 0.1000. The predicted octanol–water partition coefficient (Wildman–Crippen LogP) is 4.00. The minimum Gasteiger partial charge on any atom is -0.497 e. The Labute approximate surface area is 158 Å². The van der Waals surface area contributed by atoms with E-state index < -0.39 is 5.91 Å². The molecule has 1 unspecified atom stereocenters. The van der Waals surface area contributed by atoms with Gasteiger partial charge in [-0.1, -0.05) is 6.92 Å². The Morgan fingerprint density at radius 3 is 2.84 bits per heavy atom. The molecule has 1 aromatic heterocycles. The van der Waals surface area contributed by atoms with E-state index in [4.69, 9.17) is 10.5 Å². The molecule has 1 aliphatic rings. The Bertz CT molecular complexity index is 847. The second-order valence-corrected chi connectivity index (χ2v) is 8.18. The number of rotatable bonds is 4. The maximum atomic E-state index is 12.7. The maximum absolute atomic E-state index is 12.7. The zero-order valence-corrected chi connectivity index (χ0v) is 16.4. The highest BCUT2D eigenvalue weighted by molar-refractivity contribution is 9.10. The van der Waals surface area contributed by atoms with E-state index in [1.165, 1.54) is 11.3 Å². The van der Waals surface area contributed by atoms with Crippen molar-refractivity contribution in [3.63, 3.8) is 0 Å². The molecular weight excluding hydrogens is 404 g/mol. The highest BCUT2D eigenvalue weighted by Crippen LogP contribution is 2.39. The van der Waals surface area contributed by atoms with Crippen molar-refractivity contribution in [2.75, 3.05) is 12.4 Å². The van der Waals surface area contributed by atoms with Crippen LogP contribution in [0.25, 0.3) is 0 Å². The molecule has 1 atom stereocenters. The summed E-state index contributed by atoms with van der Waals surface area (Å²) in [7, 11) is 1.55. The van der Waals surface area contributed by atoms with Crippen molar-refractivity contribution in [1.82, 2.24) is 0 Å². The Morgan fingerprint density at radius 1 is 1.40 bits per heavy atom. The monoisotopic (exact) mass is 422 g/mol. The summed E-state index contributed by atoms with van der Waals surface area (Å²) in [5, 5.41) is 3.40. The van der Waals surface area contributed by atoms with Gasteiger partial charge in [0.05, 0.1) is 18.2 Å². The molecule has 0 saturated carbocycles. The number of thiophene rings is 1. The van der Waals surface area contributed by atoms with Crippen molar-refractivity contribution < 1.29 is 14.3 Å². The van der Waals surface area contributed by atoms with Crippen molar-refractivity contribution in [2.45, 2.75) is 26.2 Å². The number of benzene rings is 1. The molecular formula is C18H19BrN2O3S. The van der Waals surface area contributed by atoms with Gasteiger partial charge in [-0.25, -0.2) is 0 Å². The molecule has 1 aromatic carbocycles. The molecule has 2 aromatic rings. The van der Waals surface area contributed by atoms with Crippen molar-refractivity contribution in [3.05, 3.63) is 44.2 Å². The van der Waals surface area contributed by atoms with Gasteiger partial charge >= 0.3 is 0 Å². The first-order valence-corrected chi connectivity index (χ1v) is 9.61. The number of ether oxygens (including phenoxy) is 1. The molecule has 1 heterocycles. The molecule has 0 fully saturated rings. The molecule has 7 heteroatoms. The van der Waals surface area contributed by atoms with Gasteiger partial charge in [-0.3, -0.25) is 9.59 Å². The molecule has 3 N–H and O–H groups in total. The zero-order chi connectivity index (χ0) is 18.1. The van der Waals surface area contributed by atoms with Crippen LogP contribution in [-0.4, -0.2) is 18.9 Å². The predicted molar refractivity (Wildman–Crippen MR) is 103 cm³/mol. The molecule has 0 saturated heterocycles. The highest BCUT2D eigenvalue weighted by atomic mass is 79.9. The average molecular weight is 423 g/mol. The summed E-state index contributed by atoms with van der Waals surface area (Å²) in [6.45, 7) is 2.19. The largest absolute Gasteiger partial charge is 0.497 e. The quantitative estimate of drug-likeness (QED) is 0.780. The molecule has 0 bridgehead atoms. The van der Waals surface area contributed by atoms with Crippen molar-refractivity contribution >= 4 is 44.1 Å². The fourth-order valence-electron chi connectivity index (χ4n) is 3.08. The molecule has 3 rings (SSSR count). The highest BCUT2D eigenvalue weighted by Gasteiger charge is 2.27. The van der Waals surface area contributed by atoms with E-state index in [-0.39, 0.29) is 5.91 Å². The number of halogens is 1. The number of hydrogen-bond donors (Lipinski definition) is 2. The van der Waals surface area contributed by atoms with Crippen LogP contribution < -0.4 is 15.8 Å². The molecule has 2 amide bonds. The fourth-order valence-corrected chi connectivity index (χ4v) is 4.91. The van der Waals surface area contributed by atoms with Crippen LogP contribution >= 0.6 is 27.3 Å². The maximum Gasteiger partial charge on any atom is 0.257 e. The van der Waals surface area contributed by atoms with Crippen molar-refractivity contribution in [1.29, 1.82) is 0 Å². The van der Waals surface area contributed by atoms with Crippen LogP contribution in [0.15, 0.2) is 22.7 Å². The Balaban J connectivity index is 1.95. The van der Waals surface area contributed by atoms with Gasteiger partial charge in [-0.05, 0) is 64.9 Å². The summed E-state index contributed by atoms with van der Waals surface area (Å²) < 4.78 is 5.83. The molecule has 0 spiro atoms. The number of primary amides is 1. The van der Waals surface area contributed by atoms with Gasteiger partial charge in [0.2, 0.25) is 0 Å². The third-order valence-electron chi connectivity index (χ3n) is 4.40. The summed E-state index contributed by atoms with van der Waals surface area (Å²) in [6.07, 6.45) is 2.77. The zero-order valence-electron chi connectivity index (χ0n) is 14.0. The van der Waals surface area contributed by atoms with Crippen LogP contribution in [0.4, 0.5) is 5.00 Å². The summed E-state index contributed by atoms with van der Waals surface area (Å²) in [5.41, 5.74) is 7.49. The third kappa shape index (κ3) is 3.57. The van der Waals surface area contributed by atoms with E-state index in [2.05, 4.69) is 28.2 Å². The number of nitrogens with two attached hydrogens (primary N) is 1. The topological polar surface area (TPSA) is 81.4 Å². The van der Waals surface area contributed by atoms with E-state index in [1.54, 1.807) is 25.3 Å². The number of methoxy groups -OCH3 is 1. The lowest BCUT2D eigenvalue weighted by atomic mass is 9.88. The smallest absolute Gasteiger partial charge is 0.257 e. The number of anilines is 1. The first-order valence-electron chi connectivity index (χ1n) is 8.00. The van der Waals surface area contributed by atoms with Gasteiger partial charge in [0.15, 0.2) is 0 Å². The van der Waals surface area contributed by atoms with E-state index in [0.717, 1.165) is 29.7 Å². The molecule has 132 valence electrons. The van der Waals surface area contributed by atoms with Crippen LogP contribution in [0, 0.1) is 5.92 Å². The lowest BCUT2D eigenvalue weighted by Gasteiger charge is -2.18. The summed E-state index contributed by atoms with van der Waals surface area (Å²) in [4.78, 5) is 25.8. The number of carbonyl (C=O) groups is 2. The Kier molecular flexibility index (Phi) is 5.15. The van der Waals surface area contributed by atoms with Gasteiger partial charge in [0.1, 0.15) is 10.8 Å². The lowest BCUT2D eigenvalue weighted by Crippen LogP contribution is -2.19. The molecule has 5 nitrogen and oxygen atoms in total. The standard InChI is InChI=1S/C18H19BrN2O3S/c1-9-3-5-11-14(7-9)25-18(15(11)16(20)22)21-17(23)12-8-10(24-2)4-6-13(12)19/h4,6,8-9H,3,5,7H2,1-2H3,(H2,20,22)(H,21,23). The Morgan fingerprint density at radius 2 is 2.16 bits per heavy atom. The number of amides is 2. The molecule has 1 aliphatic carbocycles. The van der Waals surface area contributed by atoms with Crippen LogP contribution in [-0.2, 0) is 12.8 Å². The first-order chi connectivity index (χ1) is 11.9. The number of hydrogen-bond acceptors (Lipinski definition) is 4. The second-order valence-electron chi connectivity index (χ2n) is 6.22. The number of fused-ring (bicyclic) bond motifs is 1. The SMILES string of the molecule is COc1ccc(Br)c(C(=O)Nc2sc3c(c2C(N)=O)CCC(C)C3)c1. The number of carbonyl (C=O) groups excluding carboxylic acids is 2. The van der Waals surface area contributed by atoms with Gasteiger partial charge in [0, 0.05) is 9.35 Å². The summed E-state index contributed by atoms with van der Waals surface area (Å²) in [6, 6.07) is 5.17. The van der Waals surface area contributed by atoms with Crippen LogP contribution in [0.3, 0.4) is 0 Å². The average Bonchev–Trinajstić information content (AvgIpc) is 2.92. The first kappa shape index (κ1) is 17.9.